The lowest BCUT2D eigenvalue weighted by molar-refractivity contribution is 0.100. The normalized spacial score (nSPS) is 13.4. The van der Waals surface area contributed by atoms with Gasteiger partial charge in [-0.2, -0.15) is 0 Å². The molecule has 0 aliphatic carbocycles. The number of aromatic nitrogens is 2. The van der Waals surface area contributed by atoms with E-state index < -0.39 is 5.91 Å². The Balaban J connectivity index is 2.06. The molecule has 0 aliphatic heterocycles. The second-order valence-corrected chi connectivity index (χ2v) is 5.68. The second-order valence-electron chi connectivity index (χ2n) is 5.68. The van der Waals surface area contributed by atoms with Crippen molar-refractivity contribution in [3.8, 4) is 0 Å². The third-order valence-electron chi connectivity index (χ3n) is 3.91. The van der Waals surface area contributed by atoms with Crippen LogP contribution < -0.4 is 16.8 Å². The third-order valence-corrected chi connectivity index (χ3v) is 3.91. The fraction of sp³-hybridized carbons (Fsp3) is 0.167. The molecule has 3 aromatic rings. The maximum Gasteiger partial charge on any atom is 0.250 e. The highest BCUT2D eigenvalue weighted by molar-refractivity contribution is 6.06. The van der Waals surface area contributed by atoms with Gasteiger partial charge in [0.15, 0.2) is 0 Å². The summed E-state index contributed by atoms with van der Waals surface area (Å²) in [7, 11) is 0. The Hall–Kier alpha value is -2.99. The van der Waals surface area contributed by atoms with E-state index in [9.17, 15) is 4.79 Å². The molecule has 0 fully saturated rings. The highest BCUT2D eigenvalue weighted by Crippen LogP contribution is 2.27. The van der Waals surface area contributed by atoms with E-state index in [1.54, 1.807) is 12.1 Å². The SMILES string of the molecule is C[C@@H](N)C(Nc1ncnc2c(C(N)=O)cccc12)c1ccccc1. The lowest BCUT2D eigenvalue weighted by atomic mass is 10.0. The molecule has 2 aromatic carbocycles. The van der Waals surface area contributed by atoms with Crippen LogP contribution in [-0.4, -0.2) is 21.9 Å². The standard InChI is InChI=1S/C18H19N5O/c1-11(19)15(12-6-3-2-4-7-12)23-18-14-9-5-8-13(17(20)24)16(14)21-10-22-18/h2-11,15H,19H2,1H3,(H2,20,24)(H,21,22,23)/t11-,15?/m1/s1. The highest BCUT2D eigenvalue weighted by Gasteiger charge is 2.18. The molecule has 5 N–H and O–H groups in total. The van der Waals surface area contributed by atoms with Crippen LogP contribution in [0.3, 0.4) is 0 Å². The van der Waals surface area contributed by atoms with Gasteiger partial charge in [0.1, 0.15) is 12.1 Å². The largest absolute Gasteiger partial charge is 0.366 e. The van der Waals surface area contributed by atoms with Gasteiger partial charge in [-0.1, -0.05) is 36.4 Å². The van der Waals surface area contributed by atoms with Crippen molar-refractivity contribution in [3.05, 3.63) is 66.0 Å². The first-order valence-electron chi connectivity index (χ1n) is 7.68. The molecule has 0 saturated heterocycles. The fourth-order valence-corrected chi connectivity index (χ4v) is 2.73. The molecule has 2 atom stereocenters. The summed E-state index contributed by atoms with van der Waals surface area (Å²) in [5.74, 6) is 0.103. The van der Waals surface area contributed by atoms with Crippen molar-refractivity contribution in [2.24, 2.45) is 11.5 Å². The Bertz CT molecular complexity index is 864. The summed E-state index contributed by atoms with van der Waals surface area (Å²) in [5, 5.41) is 4.11. The quantitative estimate of drug-likeness (QED) is 0.668. The number of nitrogens with one attached hydrogen (secondary N) is 1. The van der Waals surface area contributed by atoms with E-state index in [1.807, 2.05) is 43.3 Å². The van der Waals surface area contributed by atoms with E-state index in [2.05, 4.69) is 15.3 Å². The number of primary amides is 1. The van der Waals surface area contributed by atoms with E-state index in [0.29, 0.717) is 16.9 Å². The van der Waals surface area contributed by atoms with Crippen LogP contribution in [0, 0.1) is 0 Å². The van der Waals surface area contributed by atoms with Crippen molar-refractivity contribution in [2.75, 3.05) is 5.32 Å². The van der Waals surface area contributed by atoms with Crippen LogP contribution in [0.2, 0.25) is 0 Å². The predicted octanol–water partition coefficient (Wildman–Crippen LogP) is 2.23. The Morgan fingerprint density at radius 3 is 2.50 bits per heavy atom. The molecule has 24 heavy (non-hydrogen) atoms. The summed E-state index contributed by atoms with van der Waals surface area (Å²) in [6, 6.07) is 14.9. The summed E-state index contributed by atoms with van der Waals surface area (Å²) in [4.78, 5) is 20.1. The minimum Gasteiger partial charge on any atom is -0.366 e. The molecule has 0 saturated carbocycles. The van der Waals surface area contributed by atoms with Gasteiger partial charge in [0.25, 0.3) is 5.91 Å². The number of nitrogens with zero attached hydrogens (tertiary/aromatic N) is 2. The van der Waals surface area contributed by atoms with Crippen molar-refractivity contribution in [1.29, 1.82) is 0 Å². The molecule has 6 heteroatoms. The molecule has 0 bridgehead atoms. The molecular weight excluding hydrogens is 302 g/mol. The number of anilines is 1. The molecule has 1 unspecified atom stereocenters. The second kappa shape index (κ2) is 6.64. The average Bonchev–Trinajstić information content (AvgIpc) is 2.59. The summed E-state index contributed by atoms with van der Waals surface area (Å²) >= 11 is 0. The molecule has 1 amide bonds. The number of hydrogen-bond acceptors (Lipinski definition) is 5. The van der Waals surface area contributed by atoms with Gasteiger partial charge in [-0.15, -0.1) is 0 Å². The fourth-order valence-electron chi connectivity index (χ4n) is 2.73. The van der Waals surface area contributed by atoms with E-state index in [1.165, 1.54) is 6.33 Å². The van der Waals surface area contributed by atoms with E-state index in [-0.39, 0.29) is 12.1 Å². The van der Waals surface area contributed by atoms with Crippen LogP contribution in [0.4, 0.5) is 5.82 Å². The van der Waals surface area contributed by atoms with Crippen LogP contribution in [0.25, 0.3) is 10.9 Å². The van der Waals surface area contributed by atoms with Gasteiger partial charge in [-0.25, -0.2) is 9.97 Å². The summed E-state index contributed by atoms with van der Waals surface area (Å²) < 4.78 is 0. The van der Waals surface area contributed by atoms with E-state index in [4.69, 9.17) is 11.5 Å². The number of para-hydroxylation sites is 1. The Morgan fingerprint density at radius 2 is 1.83 bits per heavy atom. The van der Waals surface area contributed by atoms with Crippen molar-refractivity contribution >= 4 is 22.6 Å². The molecule has 0 spiro atoms. The highest BCUT2D eigenvalue weighted by atomic mass is 16.1. The number of hydrogen-bond donors (Lipinski definition) is 3. The molecule has 122 valence electrons. The number of rotatable bonds is 5. The summed E-state index contributed by atoms with van der Waals surface area (Å²) in [6.45, 7) is 1.93. The molecule has 3 rings (SSSR count). The van der Waals surface area contributed by atoms with Crippen molar-refractivity contribution in [3.63, 3.8) is 0 Å². The summed E-state index contributed by atoms with van der Waals surface area (Å²) in [5.41, 5.74) is 13.5. The Morgan fingerprint density at radius 1 is 1.08 bits per heavy atom. The number of fused-ring (bicyclic) bond motifs is 1. The third kappa shape index (κ3) is 3.04. The molecule has 1 aromatic heterocycles. The smallest absolute Gasteiger partial charge is 0.250 e. The van der Waals surface area contributed by atoms with Crippen LogP contribution >= 0.6 is 0 Å². The van der Waals surface area contributed by atoms with Gasteiger partial charge >= 0.3 is 0 Å². The lowest BCUT2D eigenvalue weighted by Crippen LogP contribution is -2.30. The molecule has 1 heterocycles. The molecule has 0 radical (unpaired) electrons. The summed E-state index contributed by atoms with van der Waals surface area (Å²) in [6.07, 6.45) is 1.42. The first kappa shape index (κ1) is 15.9. The zero-order valence-corrected chi connectivity index (χ0v) is 13.3. The number of carbonyl (C=O) groups is 1. The van der Waals surface area contributed by atoms with Crippen LogP contribution in [0.5, 0.6) is 0 Å². The van der Waals surface area contributed by atoms with Crippen molar-refractivity contribution in [1.82, 2.24) is 9.97 Å². The molecule has 0 aliphatic rings. The van der Waals surface area contributed by atoms with Gasteiger partial charge in [0.05, 0.1) is 17.1 Å². The van der Waals surface area contributed by atoms with E-state index in [0.717, 1.165) is 10.9 Å². The Kier molecular flexibility index (Phi) is 4.39. The maximum atomic E-state index is 11.6. The molecule has 6 nitrogen and oxygen atoms in total. The topological polar surface area (TPSA) is 107 Å². The monoisotopic (exact) mass is 321 g/mol. The van der Waals surface area contributed by atoms with E-state index >= 15 is 0 Å². The van der Waals surface area contributed by atoms with Gasteiger partial charge in [0.2, 0.25) is 0 Å². The Labute approximate surface area is 139 Å². The number of amides is 1. The molecular formula is C18H19N5O. The van der Waals surface area contributed by atoms with Crippen LogP contribution in [0.15, 0.2) is 54.9 Å². The van der Waals surface area contributed by atoms with Gasteiger partial charge in [-0.3, -0.25) is 4.79 Å². The number of nitrogens with two attached hydrogens (primary N) is 2. The van der Waals surface area contributed by atoms with Gasteiger partial charge < -0.3 is 16.8 Å². The van der Waals surface area contributed by atoms with Crippen molar-refractivity contribution < 1.29 is 4.79 Å². The average molecular weight is 321 g/mol. The van der Waals surface area contributed by atoms with Gasteiger partial charge in [0, 0.05) is 11.4 Å². The van der Waals surface area contributed by atoms with Crippen LogP contribution in [-0.2, 0) is 0 Å². The first-order chi connectivity index (χ1) is 11.6. The lowest BCUT2D eigenvalue weighted by Gasteiger charge is -2.24. The predicted molar refractivity (Wildman–Crippen MR) is 94.5 cm³/mol. The minimum atomic E-state index is -0.517. The zero-order valence-electron chi connectivity index (χ0n) is 13.3. The zero-order chi connectivity index (χ0) is 17.1. The maximum absolute atomic E-state index is 11.6. The van der Waals surface area contributed by atoms with Crippen LogP contribution in [0.1, 0.15) is 28.9 Å². The number of carbonyl (C=O) groups excluding carboxylic acids is 1. The minimum absolute atomic E-state index is 0.124. The number of benzene rings is 2. The first-order valence-corrected chi connectivity index (χ1v) is 7.68. The van der Waals surface area contributed by atoms with Crippen molar-refractivity contribution in [2.45, 2.75) is 19.0 Å². The van der Waals surface area contributed by atoms with Gasteiger partial charge in [-0.05, 0) is 24.6 Å².